The van der Waals surface area contributed by atoms with E-state index in [1.54, 1.807) is 0 Å². The van der Waals surface area contributed by atoms with Gasteiger partial charge in [0, 0.05) is 11.4 Å². The van der Waals surface area contributed by atoms with Crippen molar-refractivity contribution >= 4 is 40.0 Å². The number of nitrogens with one attached hydrogen (secondary N) is 1. The quantitative estimate of drug-likeness (QED) is 0.293. The Morgan fingerprint density at radius 2 is 1.97 bits per heavy atom. The summed E-state index contributed by atoms with van der Waals surface area (Å²) in [6.45, 7) is 4.98. The smallest absolute Gasteiger partial charge is 0.341 e. The predicted molar refractivity (Wildman–Crippen MR) is 142 cm³/mol. The molecule has 2 aromatic heterocycles. The molecule has 36 heavy (non-hydrogen) atoms. The lowest BCUT2D eigenvalue weighted by Crippen LogP contribution is -2.17. The van der Waals surface area contributed by atoms with Gasteiger partial charge in [-0.3, -0.25) is 4.79 Å². The Morgan fingerprint density at radius 3 is 2.72 bits per heavy atom. The number of benzene rings is 1. The first-order valence-electron chi connectivity index (χ1n) is 12.3. The van der Waals surface area contributed by atoms with Crippen LogP contribution in [0, 0.1) is 6.92 Å². The zero-order valence-corrected chi connectivity index (χ0v) is 22.6. The molecular weight excluding hydrogens is 496 g/mol. The maximum atomic E-state index is 12.9. The monoisotopic (exact) mass is 528 g/mol. The lowest BCUT2D eigenvalue weighted by Gasteiger charge is -2.11. The molecule has 1 amide bonds. The molecule has 0 radical (unpaired) electrons. The van der Waals surface area contributed by atoms with Crippen LogP contribution in [0.5, 0.6) is 5.75 Å². The van der Waals surface area contributed by atoms with Crippen molar-refractivity contribution in [3.63, 3.8) is 0 Å². The van der Waals surface area contributed by atoms with Crippen molar-refractivity contribution < 1.29 is 19.1 Å². The highest BCUT2D eigenvalue weighted by Crippen LogP contribution is 2.37. The van der Waals surface area contributed by atoms with Crippen LogP contribution in [0.1, 0.15) is 64.8 Å². The molecule has 0 atom stereocenters. The second-order valence-electron chi connectivity index (χ2n) is 8.70. The molecule has 192 valence electrons. The van der Waals surface area contributed by atoms with Crippen LogP contribution in [0.25, 0.3) is 0 Å². The van der Waals surface area contributed by atoms with E-state index in [2.05, 4.69) is 15.5 Å². The van der Waals surface area contributed by atoms with Gasteiger partial charge in [0.25, 0.3) is 0 Å². The SMILES string of the molecule is CCn1c(COc2cccc(C)c2)nnc1SCC(=O)Nc1sc2c(c1C(=O)OC)CCCCCC2. The van der Waals surface area contributed by atoms with Gasteiger partial charge in [-0.25, -0.2) is 4.79 Å². The Kier molecular flexibility index (Phi) is 9.03. The van der Waals surface area contributed by atoms with Gasteiger partial charge >= 0.3 is 5.97 Å². The van der Waals surface area contributed by atoms with Gasteiger partial charge in [0.2, 0.25) is 5.91 Å². The number of hydrogen-bond donors (Lipinski definition) is 1. The van der Waals surface area contributed by atoms with Crippen LogP contribution >= 0.6 is 23.1 Å². The molecule has 3 aromatic rings. The summed E-state index contributed by atoms with van der Waals surface area (Å²) in [6, 6.07) is 7.85. The first-order valence-corrected chi connectivity index (χ1v) is 14.1. The number of carbonyl (C=O) groups is 2. The Hall–Kier alpha value is -2.85. The number of methoxy groups -OCH3 is 1. The number of ether oxygens (including phenoxy) is 2. The van der Waals surface area contributed by atoms with E-state index in [1.807, 2.05) is 42.7 Å². The second kappa shape index (κ2) is 12.4. The highest BCUT2D eigenvalue weighted by atomic mass is 32.2. The number of hydrogen-bond acceptors (Lipinski definition) is 8. The van der Waals surface area contributed by atoms with Crippen molar-refractivity contribution in [1.82, 2.24) is 14.8 Å². The zero-order chi connectivity index (χ0) is 25.5. The third-order valence-corrected chi connectivity index (χ3v) is 8.29. The third-order valence-electron chi connectivity index (χ3n) is 6.11. The van der Waals surface area contributed by atoms with Gasteiger partial charge in [-0.1, -0.05) is 36.7 Å². The zero-order valence-electron chi connectivity index (χ0n) is 21.0. The van der Waals surface area contributed by atoms with E-state index in [4.69, 9.17) is 9.47 Å². The van der Waals surface area contributed by atoms with Crippen LogP contribution in [0.2, 0.25) is 0 Å². The number of thioether (sulfide) groups is 1. The number of rotatable bonds is 9. The fraction of sp³-hybridized carbons (Fsp3) is 0.462. The van der Waals surface area contributed by atoms with E-state index in [0.29, 0.717) is 34.7 Å². The molecular formula is C26H32N4O4S2. The molecule has 1 aliphatic rings. The highest BCUT2D eigenvalue weighted by Gasteiger charge is 2.26. The van der Waals surface area contributed by atoms with Crippen molar-refractivity contribution in [1.29, 1.82) is 0 Å². The molecule has 0 aliphatic heterocycles. The normalized spacial score (nSPS) is 13.4. The predicted octanol–water partition coefficient (Wildman–Crippen LogP) is 5.42. The van der Waals surface area contributed by atoms with Crippen molar-refractivity contribution in [3.8, 4) is 5.75 Å². The van der Waals surface area contributed by atoms with E-state index < -0.39 is 0 Å². The summed E-state index contributed by atoms with van der Waals surface area (Å²) in [5.74, 6) is 1.05. The Labute approximate surface area is 219 Å². The summed E-state index contributed by atoms with van der Waals surface area (Å²) >= 11 is 2.82. The van der Waals surface area contributed by atoms with Gasteiger partial charge in [-0.2, -0.15) is 0 Å². The summed E-state index contributed by atoms with van der Waals surface area (Å²) in [7, 11) is 1.38. The Balaban J connectivity index is 1.41. The number of esters is 1. The largest absolute Gasteiger partial charge is 0.486 e. The van der Waals surface area contributed by atoms with Gasteiger partial charge in [-0.15, -0.1) is 21.5 Å². The van der Waals surface area contributed by atoms with E-state index in [1.165, 1.54) is 41.5 Å². The van der Waals surface area contributed by atoms with Crippen LogP contribution < -0.4 is 10.1 Å². The molecule has 1 aromatic carbocycles. The van der Waals surface area contributed by atoms with Crippen LogP contribution in [-0.2, 0) is 35.5 Å². The lowest BCUT2D eigenvalue weighted by atomic mass is 9.96. The van der Waals surface area contributed by atoms with Gasteiger partial charge in [0.1, 0.15) is 17.4 Å². The molecule has 0 spiro atoms. The van der Waals surface area contributed by atoms with Crippen molar-refractivity contribution in [2.75, 3.05) is 18.2 Å². The first-order chi connectivity index (χ1) is 17.5. The minimum absolute atomic E-state index is 0.153. The maximum absolute atomic E-state index is 12.9. The summed E-state index contributed by atoms with van der Waals surface area (Å²) in [5, 5.41) is 12.8. The fourth-order valence-corrected chi connectivity index (χ4v) is 6.44. The molecule has 0 saturated carbocycles. The molecule has 1 aliphatic carbocycles. The van der Waals surface area contributed by atoms with E-state index in [-0.39, 0.29) is 17.6 Å². The number of nitrogens with zero attached hydrogens (tertiary/aromatic N) is 3. The lowest BCUT2D eigenvalue weighted by molar-refractivity contribution is -0.113. The number of aromatic nitrogens is 3. The second-order valence-corrected chi connectivity index (χ2v) is 10.7. The average Bonchev–Trinajstić information content (AvgIpc) is 3.40. The number of thiophene rings is 1. The Morgan fingerprint density at radius 1 is 1.17 bits per heavy atom. The fourth-order valence-electron chi connectivity index (χ4n) is 4.32. The standard InChI is InChI=1S/C26H32N4O4S2/c1-4-30-21(15-34-18-11-9-10-17(2)14-18)28-29-26(30)35-16-22(31)27-24-23(25(32)33-3)19-12-7-5-6-8-13-20(19)36-24/h9-11,14H,4-8,12-13,15-16H2,1-3H3,(H,27,31). The van der Waals surface area contributed by atoms with E-state index in [9.17, 15) is 9.59 Å². The number of aryl methyl sites for hydroxylation is 2. The van der Waals surface area contributed by atoms with Crippen LogP contribution in [0.15, 0.2) is 29.4 Å². The summed E-state index contributed by atoms with van der Waals surface area (Å²) in [4.78, 5) is 26.7. The molecule has 10 heteroatoms. The molecule has 4 rings (SSSR count). The summed E-state index contributed by atoms with van der Waals surface area (Å²) in [5.41, 5.74) is 2.68. The van der Waals surface area contributed by atoms with Crippen molar-refractivity contribution in [3.05, 3.63) is 51.7 Å². The molecule has 0 saturated heterocycles. The van der Waals surface area contributed by atoms with E-state index in [0.717, 1.165) is 49.0 Å². The van der Waals surface area contributed by atoms with Gasteiger partial charge in [-0.05, 0) is 62.8 Å². The average molecular weight is 529 g/mol. The third kappa shape index (κ3) is 6.28. The summed E-state index contributed by atoms with van der Waals surface area (Å²) in [6.07, 6.45) is 6.26. The molecule has 0 unspecified atom stereocenters. The maximum Gasteiger partial charge on any atom is 0.341 e. The number of amides is 1. The minimum atomic E-state index is -0.389. The minimum Gasteiger partial charge on any atom is -0.486 e. The summed E-state index contributed by atoms with van der Waals surface area (Å²) < 4.78 is 12.9. The molecule has 2 heterocycles. The number of fused-ring (bicyclic) bond motifs is 1. The molecule has 0 fully saturated rings. The highest BCUT2D eigenvalue weighted by molar-refractivity contribution is 7.99. The van der Waals surface area contributed by atoms with Crippen LogP contribution in [0.4, 0.5) is 5.00 Å². The van der Waals surface area contributed by atoms with Crippen molar-refractivity contribution in [2.45, 2.75) is 70.7 Å². The number of anilines is 1. The van der Waals surface area contributed by atoms with Crippen LogP contribution in [-0.4, -0.2) is 39.5 Å². The number of carbonyl (C=O) groups excluding carboxylic acids is 2. The van der Waals surface area contributed by atoms with Gasteiger partial charge in [0.15, 0.2) is 11.0 Å². The van der Waals surface area contributed by atoms with E-state index >= 15 is 0 Å². The Bertz CT molecular complexity index is 1220. The topological polar surface area (TPSA) is 95.3 Å². The van der Waals surface area contributed by atoms with Crippen LogP contribution in [0.3, 0.4) is 0 Å². The molecule has 1 N–H and O–H groups in total. The van der Waals surface area contributed by atoms with Gasteiger partial charge in [0.05, 0.1) is 18.4 Å². The molecule has 8 nitrogen and oxygen atoms in total. The van der Waals surface area contributed by atoms with Crippen molar-refractivity contribution in [2.24, 2.45) is 0 Å². The molecule has 0 bridgehead atoms. The first kappa shape index (κ1) is 26.2. The van der Waals surface area contributed by atoms with Gasteiger partial charge < -0.3 is 19.4 Å².